The molecule has 12 heteroatoms. The summed E-state index contributed by atoms with van der Waals surface area (Å²) in [6.45, 7) is 1.25. The highest BCUT2D eigenvalue weighted by Gasteiger charge is 2.41. The molecule has 0 aliphatic carbocycles. The Morgan fingerprint density at radius 1 is 0.923 bits per heavy atom. The number of rotatable bonds is 8. The van der Waals surface area contributed by atoms with Crippen LogP contribution >= 0.6 is 11.6 Å². The molecule has 1 fully saturated rings. The fourth-order valence-corrected chi connectivity index (χ4v) is 4.36. The molecular formula is C27H26ClF3N4O4. The van der Waals surface area contributed by atoms with Crippen LogP contribution in [0.15, 0.2) is 65.1 Å². The minimum absolute atomic E-state index is 0.0893. The summed E-state index contributed by atoms with van der Waals surface area (Å²) < 4.78 is 44.8. The molecule has 8 nitrogen and oxygen atoms in total. The summed E-state index contributed by atoms with van der Waals surface area (Å²) in [6.07, 6.45) is -3.90. The minimum Gasteiger partial charge on any atom is -0.451 e. The summed E-state index contributed by atoms with van der Waals surface area (Å²) in [7, 11) is 0. The third kappa shape index (κ3) is 6.98. The fourth-order valence-electron chi connectivity index (χ4n) is 4.23. The molecule has 1 saturated heterocycles. The molecule has 0 unspecified atom stereocenters. The van der Waals surface area contributed by atoms with Crippen LogP contribution in [-0.4, -0.2) is 49.4 Å². The van der Waals surface area contributed by atoms with Crippen LogP contribution in [0.2, 0.25) is 5.02 Å². The number of piperidine rings is 1. The summed E-state index contributed by atoms with van der Waals surface area (Å²) in [5, 5.41) is 11.9. The normalized spacial score (nSPS) is 14.9. The first-order valence-electron chi connectivity index (χ1n) is 12.2. The second-order valence-electron chi connectivity index (χ2n) is 9.05. The molecule has 1 aliphatic heterocycles. The maximum Gasteiger partial charge on any atom is 0.416 e. The Bertz CT molecular complexity index is 1340. The zero-order valence-electron chi connectivity index (χ0n) is 20.7. The zero-order chi connectivity index (χ0) is 28.0. The Kier molecular flexibility index (Phi) is 8.61. The van der Waals surface area contributed by atoms with E-state index >= 15 is 0 Å². The number of nitrogens with one attached hydrogen (secondary N) is 4. The van der Waals surface area contributed by atoms with Crippen LogP contribution in [0.1, 0.15) is 39.3 Å². The molecule has 0 saturated carbocycles. The van der Waals surface area contributed by atoms with Crippen LogP contribution in [-0.2, 0) is 11.0 Å². The van der Waals surface area contributed by atoms with Crippen molar-refractivity contribution >= 4 is 29.3 Å². The first-order chi connectivity index (χ1) is 18.6. The lowest BCUT2D eigenvalue weighted by atomic mass is 9.87. The predicted molar refractivity (Wildman–Crippen MR) is 138 cm³/mol. The predicted octanol–water partition coefficient (Wildman–Crippen LogP) is 4.02. The zero-order valence-corrected chi connectivity index (χ0v) is 21.4. The van der Waals surface area contributed by atoms with Gasteiger partial charge in [0, 0.05) is 29.2 Å². The minimum atomic E-state index is -4.52. The largest absolute Gasteiger partial charge is 0.451 e. The van der Waals surface area contributed by atoms with Gasteiger partial charge in [-0.25, -0.2) is 0 Å². The van der Waals surface area contributed by atoms with Crippen molar-refractivity contribution in [2.24, 2.45) is 0 Å². The van der Waals surface area contributed by atoms with Crippen molar-refractivity contribution in [3.8, 4) is 11.3 Å². The molecule has 0 bridgehead atoms. The number of halogens is 4. The lowest BCUT2D eigenvalue weighted by Gasteiger charge is -2.36. The van der Waals surface area contributed by atoms with Crippen molar-refractivity contribution in [1.29, 1.82) is 0 Å². The number of alkyl halides is 3. The number of hydrogen-bond acceptors (Lipinski definition) is 5. The van der Waals surface area contributed by atoms with E-state index in [2.05, 4.69) is 21.3 Å². The van der Waals surface area contributed by atoms with Gasteiger partial charge in [0.15, 0.2) is 5.76 Å². The van der Waals surface area contributed by atoms with Crippen molar-refractivity contribution in [2.45, 2.75) is 24.6 Å². The van der Waals surface area contributed by atoms with Gasteiger partial charge in [0.05, 0.1) is 5.56 Å². The summed E-state index contributed by atoms with van der Waals surface area (Å²) in [4.78, 5) is 38.5. The molecule has 3 amide bonds. The van der Waals surface area contributed by atoms with Crippen molar-refractivity contribution in [1.82, 2.24) is 21.3 Å². The molecular weight excluding hydrogens is 537 g/mol. The highest BCUT2D eigenvalue weighted by molar-refractivity contribution is 6.30. The van der Waals surface area contributed by atoms with Crippen molar-refractivity contribution in [3.63, 3.8) is 0 Å². The number of furan rings is 1. The monoisotopic (exact) mass is 562 g/mol. The second kappa shape index (κ2) is 11.9. The highest BCUT2D eigenvalue weighted by Crippen LogP contribution is 2.33. The number of carbonyl (C=O) groups is 3. The third-order valence-corrected chi connectivity index (χ3v) is 6.60. The summed E-state index contributed by atoms with van der Waals surface area (Å²) in [5.41, 5.74) is -1.47. The molecule has 0 atom stereocenters. The molecule has 0 radical (unpaired) electrons. The lowest BCUT2D eigenvalue weighted by molar-refractivity contribution is -0.137. The molecule has 4 N–H and O–H groups in total. The van der Waals surface area contributed by atoms with Crippen LogP contribution in [0.3, 0.4) is 0 Å². The number of hydrogen-bond donors (Lipinski definition) is 4. The Hall–Kier alpha value is -3.83. The van der Waals surface area contributed by atoms with Gasteiger partial charge < -0.3 is 25.7 Å². The standard InChI is InChI=1S/C27H26ClF3N4O4/c28-20-6-4-17(5-7-20)23(36)33-14-15-34-25(38)26(10-12-32-13-11-26)35-24(37)22-9-8-21(39-22)18-2-1-3-19(16-18)27(29,30)31/h1-9,16,32H,10-15H2,(H,33,36)(H,34,38)(H,35,37). The van der Waals surface area contributed by atoms with E-state index in [1.54, 1.807) is 24.3 Å². The number of benzene rings is 2. The smallest absolute Gasteiger partial charge is 0.416 e. The summed E-state index contributed by atoms with van der Waals surface area (Å²) >= 11 is 5.83. The van der Waals surface area contributed by atoms with Crippen LogP contribution in [0, 0.1) is 0 Å². The first-order valence-corrected chi connectivity index (χ1v) is 12.6. The fraction of sp³-hybridized carbons (Fsp3) is 0.296. The molecule has 39 heavy (non-hydrogen) atoms. The molecule has 206 valence electrons. The quantitative estimate of drug-likeness (QED) is 0.310. The average molecular weight is 563 g/mol. The van der Waals surface area contributed by atoms with E-state index in [0.29, 0.717) is 36.5 Å². The van der Waals surface area contributed by atoms with Crippen molar-refractivity contribution < 1.29 is 32.0 Å². The van der Waals surface area contributed by atoms with E-state index < -0.39 is 29.1 Å². The average Bonchev–Trinajstić information content (AvgIpc) is 3.42. The molecule has 2 aromatic carbocycles. The van der Waals surface area contributed by atoms with Crippen molar-refractivity contribution in [3.05, 3.63) is 82.6 Å². The Morgan fingerprint density at radius 2 is 1.62 bits per heavy atom. The molecule has 2 heterocycles. The Morgan fingerprint density at radius 3 is 2.31 bits per heavy atom. The molecule has 1 aromatic heterocycles. The van der Waals surface area contributed by atoms with E-state index in [1.165, 1.54) is 24.3 Å². The van der Waals surface area contributed by atoms with Gasteiger partial charge in [-0.15, -0.1) is 0 Å². The topological polar surface area (TPSA) is 112 Å². The van der Waals surface area contributed by atoms with Crippen LogP contribution in [0.5, 0.6) is 0 Å². The first kappa shape index (κ1) is 28.2. The number of carbonyl (C=O) groups excluding carboxylic acids is 3. The van der Waals surface area contributed by atoms with Gasteiger partial charge in [-0.05, 0) is 74.5 Å². The van der Waals surface area contributed by atoms with Gasteiger partial charge in [-0.1, -0.05) is 23.7 Å². The van der Waals surface area contributed by atoms with E-state index in [-0.39, 0.29) is 36.1 Å². The van der Waals surface area contributed by atoms with E-state index in [9.17, 15) is 27.6 Å². The van der Waals surface area contributed by atoms with E-state index in [1.807, 2.05) is 0 Å². The molecule has 0 spiro atoms. The molecule has 4 rings (SSSR count). The Labute approximate surface area is 227 Å². The van der Waals surface area contributed by atoms with Crippen molar-refractivity contribution in [2.75, 3.05) is 26.2 Å². The van der Waals surface area contributed by atoms with E-state index in [4.69, 9.17) is 16.0 Å². The van der Waals surface area contributed by atoms with Gasteiger partial charge in [-0.2, -0.15) is 13.2 Å². The van der Waals surface area contributed by atoms with Gasteiger partial charge >= 0.3 is 6.18 Å². The maximum absolute atomic E-state index is 13.2. The SMILES string of the molecule is O=C(NCCNC(=O)C1(NC(=O)c2ccc(-c3cccc(C(F)(F)F)c3)o2)CCNCC1)c1ccc(Cl)cc1. The highest BCUT2D eigenvalue weighted by atomic mass is 35.5. The second-order valence-corrected chi connectivity index (χ2v) is 9.48. The number of amides is 3. The van der Waals surface area contributed by atoms with Gasteiger partial charge in [0.1, 0.15) is 11.3 Å². The third-order valence-electron chi connectivity index (χ3n) is 6.35. The maximum atomic E-state index is 13.2. The lowest BCUT2D eigenvalue weighted by Crippen LogP contribution is -2.63. The Balaban J connectivity index is 1.38. The van der Waals surface area contributed by atoms with Gasteiger partial charge in [-0.3, -0.25) is 14.4 Å². The molecule has 1 aliphatic rings. The molecule has 3 aromatic rings. The summed E-state index contributed by atoms with van der Waals surface area (Å²) in [6, 6.07) is 13.7. The van der Waals surface area contributed by atoms with E-state index in [0.717, 1.165) is 12.1 Å². The van der Waals surface area contributed by atoms with Crippen LogP contribution < -0.4 is 21.3 Å². The van der Waals surface area contributed by atoms with Gasteiger partial charge in [0.2, 0.25) is 5.91 Å². The van der Waals surface area contributed by atoms with Crippen LogP contribution in [0.4, 0.5) is 13.2 Å². The summed E-state index contributed by atoms with van der Waals surface area (Å²) in [5.74, 6) is -1.45. The van der Waals surface area contributed by atoms with Gasteiger partial charge in [0.25, 0.3) is 11.8 Å². The van der Waals surface area contributed by atoms with Crippen LogP contribution in [0.25, 0.3) is 11.3 Å².